The average Bonchev–Trinajstić information content (AvgIpc) is 2.74. The van der Waals surface area contributed by atoms with Crippen LogP contribution in [0.2, 0.25) is 0 Å². The molecule has 4 unspecified atom stereocenters. The fraction of sp³-hybridized carbons (Fsp3) is 0.375. The van der Waals surface area contributed by atoms with Crippen molar-refractivity contribution in [1.29, 1.82) is 0 Å². The third-order valence-corrected chi connectivity index (χ3v) is 5.63. The summed E-state index contributed by atoms with van der Waals surface area (Å²) in [7, 11) is 1.69. The van der Waals surface area contributed by atoms with Crippen molar-refractivity contribution in [2.24, 2.45) is 11.8 Å². The van der Waals surface area contributed by atoms with Gasteiger partial charge in [-0.25, -0.2) is 0 Å². The van der Waals surface area contributed by atoms with Crippen LogP contribution in [-0.4, -0.2) is 53.1 Å². The third-order valence-electron chi connectivity index (χ3n) is 5.63. The zero-order valence-electron chi connectivity index (χ0n) is 18.2. The quantitative estimate of drug-likeness (QED) is 0.520. The van der Waals surface area contributed by atoms with Crippen molar-refractivity contribution in [3.8, 4) is 11.5 Å². The smallest absolute Gasteiger partial charge is 0.318 e. The van der Waals surface area contributed by atoms with Crippen molar-refractivity contribution >= 4 is 17.7 Å². The minimum Gasteiger partial charge on any atom is -0.508 e. The summed E-state index contributed by atoms with van der Waals surface area (Å²) in [4.78, 5) is 41.3. The SMILES string of the molecule is CCOC(=O)C1C(=O)C(C(=O)OCC)C(c2cccc(O)c2)N(C)C1c1cccc(O)c1. The van der Waals surface area contributed by atoms with Crippen LogP contribution in [0.4, 0.5) is 0 Å². The van der Waals surface area contributed by atoms with Crippen LogP contribution in [0, 0.1) is 11.8 Å². The van der Waals surface area contributed by atoms with Gasteiger partial charge in [-0.05, 0) is 56.3 Å². The van der Waals surface area contributed by atoms with E-state index >= 15 is 0 Å². The zero-order valence-corrected chi connectivity index (χ0v) is 18.2. The second-order valence-corrected chi connectivity index (χ2v) is 7.61. The molecule has 2 N–H and O–H groups in total. The van der Waals surface area contributed by atoms with E-state index in [1.165, 1.54) is 24.3 Å². The highest BCUT2D eigenvalue weighted by molar-refractivity contribution is 6.10. The Balaban J connectivity index is 2.20. The number of phenolic OH excluding ortho intramolecular Hbond substituents is 2. The maximum absolute atomic E-state index is 13.7. The molecule has 0 spiro atoms. The first-order chi connectivity index (χ1) is 15.3. The molecule has 32 heavy (non-hydrogen) atoms. The minimum atomic E-state index is -1.30. The topological polar surface area (TPSA) is 113 Å². The monoisotopic (exact) mass is 441 g/mol. The molecule has 1 aliphatic heterocycles. The Bertz CT molecular complexity index is 928. The molecule has 0 aromatic heterocycles. The number of benzene rings is 2. The number of hydrogen-bond donors (Lipinski definition) is 2. The fourth-order valence-corrected chi connectivity index (χ4v) is 4.37. The number of carbonyl (C=O) groups excluding carboxylic acids is 3. The summed E-state index contributed by atoms with van der Waals surface area (Å²) in [6.07, 6.45) is 0. The standard InChI is InChI=1S/C24H27NO7/c1-4-31-23(29)18-20(14-8-6-10-16(26)12-14)25(3)21(15-9-7-11-17(27)13-15)19(22(18)28)24(30)32-5-2/h6-13,18-21,26-27H,4-5H2,1-3H3. The molecule has 1 heterocycles. The number of carbonyl (C=O) groups is 3. The lowest BCUT2D eigenvalue weighted by Gasteiger charge is -2.46. The Kier molecular flexibility index (Phi) is 7.15. The van der Waals surface area contributed by atoms with Gasteiger partial charge in [0.05, 0.1) is 25.3 Å². The van der Waals surface area contributed by atoms with Crippen LogP contribution in [0.5, 0.6) is 11.5 Å². The van der Waals surface area contributed by atoms with E-state index in [0.29, 0.717) is 11.1 Å². The molecule has 0 amide bonds. The van der Waals surface area contributed by atoms with E-state index in [1.54, 1.807) is 50.1 Å². The van der Waals surface area contributed by atoms with Crippen LogP contribution in [0.15, 0.2) is 48.5 Å². The normalized spacial score (nSPS) is 23.5. The number of hydrogen-bond acceptors (Lipinski definition) is 8. The van der Waals surface area contributed by atoms with Crippen molar-refractivity contribution in [3.05, 3.63) is 59.7 Å². The first kappa shape index (κ1) is 23.3. The van der Waals surface area contributed by atoms with Crippen molar-refractivity contribution in [2.75, 3.05) is 20.3 Å². The van der Waals surface area contributed by atoms with Crippen molar-refractivity contribution in [2.45, 2.75) is 25.9 Å². The summed E-state index contributed by atoms with van der Waals surface area (Å²) in [6.45, 7) is 3.41. The number of aromatic hydroxyl groups is 2. The molecule has 0 bridgehead atoms. The van der Waals surface area contributed by atoms with Gasteiger partial charge in [0.1, 0.15) is 23.3 Å². The second-order valence-electron chi connectivity index (χ2n) is 7.61. The highest BCUT2D eigenvalue weighted by Crippen LogP contribution is 2.47. The molecule has 1 saturated heterocycles. The van der Waals surface area contributed by atoms with Crippen LogP contribution in [-0.2, 0) is 23.9 Å². The molecule has 1 fully saturated rings. The highest BCUT2D eigenvalue weighted by atomic mass is 16.5. The number of piperidine rings is 1. The Morgan fingerprint density at radius 1 is 0.844 bits per heavy atom. The number of likely N-dealkylation sites (tertiary alicyclic amines) is 1. The van der Waals surface area contributed by atoms with Crippen molar-refractivity contribution < 1.29 is 34.1 Å². The molecular formula is C24H27NO7. The van der Waals surface area contributed by atoms with Gasteiger partial charge in [-0.2, -0.15) is 0 Å². The highest BCUT2D eigenvalue weighted by Gasteiger charge is 2.55. The number of rotatable bonds is 6. The molecule has 8 nitrogen and oxygen atoms in total. The molecule has 2 aromatic rings. The number of phenols is 2. The molecule has 0 radical (unpaired) electrons. The lowest BCUT2D eigenvalue weighted by molar-refractivity contribution is -0.169. The van der Waals surface area contributed by atoms with Gasteiger partial charge in [-0.15, -0.1) is 0 Å². The molecule has 0 saturated carbocycles. The van der Waals surface area contributed by atoms with E-state index in [0.717, 1.165) is 0 Å². The maximum Gasteiger partial charge on any atom is 0.318 e. The number of esters is 2. The number of nitrogens with zero attached hydrogens (tertiary/aromatic N) is 1. The Hall–Kier alpha value is -3.39. The number of ketones is 1. The van der Waals surface area contributed by atoms with Gasteiger partial charge in [-0.1, -0.05) is 24.3 Å². The summed E-state index contributed by atoms with van der Waals surface area (Å²) in [6, 6.07) is 10.9. The van der Waals surface area contributed by atoms with Gasteiger partial charge in [-0.3, -0.25) is 19.3 Å². The van der Waals surface area contributed by atoms with E-state index in [4.69, 9.17) is 9.47 Å². The first-order valence-electron chi connectivity index (χ1n) is 10.5. The Morgan fingerprint density at radius 2 is 1.25 bits per heavy atom. The van der Waals surface area contributed by atoms with E-state index < -0.39 is 41.6 Å². The van der Waals surface area contributed by atoms with Gasteiger partial charge in [0, 0.05) is 0 Å². The third kappa shape index (κ3) is 4.45. The van der Waals surface area contributed by atoms with Crippen LogP contribution in [0.1, 0.15) is 37.1 Å². The van der Waals surface area contributed by atoms with E-state index in [-0.39, 0.29) is 24.7 Å². The van der Waals surface area contributed by atoms with Gasteiger partial charge in [0.25, 0.3) is 0 Å². The van der Waals surface area contributed by atoms with Crippen LogP contribution < -0.4 is 0 Å². The second kappa shape index (κ2) is 9.82. The van der Waals surface area contributed by atoms with Gasteiger partial charge < -0.3 is 19.7 Å². The predicted octanol–water partition coefficient (Wildman–Crippen LogP) is 2.75. The van der Waals surface area contributed by atoms with Gasteiger partial charge in [0.15, 0.2) is 5.78 Å². The molecule has 170 valence electrons. The van der Waals surface area contributed by atoms with Crippen molar-refractivity contribution in [3.63, 3.8) is 0 Å². The molecule has 2 aromatic carbocycles. The Morgan fingerprint density at radius 3 is 1.59 bits per heavy atom. The summed E-state index contributed by atoms with van der Waals surface area (Å²) < 4.78 is 10.4. The van der Waals surface area contributed by atoms with Gasteiger partial charge in [0.2, 0.25) is 0 Å². The lowest BCUT2D eigenvalue weighted by atomic mass is 9.73. The van der Waals surface area contributed by atoms with E-state index in [9.17, 15) is 24.6 Å². The average molecular weight is 441 g/mol. The Labute approximate surface area is 186 Å². The molecule has 1 aliphatic rings. The largest absolute Gasteiger partial charge is 0.508 e. The van der Waals surface area contributed by atoms with Crippen molar-refractivity contribution in [1.82, 2.24) is 4.90 Å². The molecule has 8 heteroatoms. The predicted molar refractivity (Wildman–Crippen MR) is 115 cm³/mol. The molecule has 0 aliphatic carbocycles. The van der Waals surface area contributed by atoms with E-state index in [1.807, 2.05) is 0 Å². The fourth-order valence-electron chi connectivity index (χ4n) is 4.37. The van der Waals surface area contributed by atoms with Gasteiger partial charge >= 0.3 is 11.9 Å². The summed E-state index contributed by atoms with van der Waals surface area (Å²) in [5.41, 5.74) is 1.04. The minimum absolute atomic E-state index is 0.0209. The van der Waals surface area contributed by atoms with Crippen LogP contribution in [0.3, 0.4) is 0 Å². The summed E-state index contributed by atoms with van der Waals surface area (Å²) in [5.74, 6) is -4.77. The first-order valence-corrected chi connectivity index (χ1v) is 10.5. The molecule has 3 rings (SSSR count). The molecular weight excluding hydrogens is 414 g/mol. The van der Waals surface area contributed by atoms with Crippen LogP contribution >= 0.6 is 0 Å². The summed E-state index contributed by atoms with van der Waals surface area (Å²) >= 11 is 0. The lowest BCUT2D eigenvalue weighted by Crippen LogP contribution is -2.54. The number of ether oxygens (including phenoxy) is 2. The number of Topliss-reactive ketones (excluding diaryl/α,β-unsaturated/α-hetero) is 1. The summed E-state index contributed by atoms with van der Waals surface area (Å²) in [5, 5.41) is 20.1. The zero-order chi connectivity index (χ0) is 23.4. The molecule has 4 atom stereocenters. The maximum atomic E-state index is 13.7. The van der Waals surface area contributed by atoms with Crippen LogP contribution in [0.25, 0.3) is 0 Å². The van der Waals surface area contributed by atoms with E-state index in [2.05, 4.69) is 0 Å².